The third-order valence-electron chi connectivity index (χ3n) is 5.68. The van der Waals surface area contributed by atoms with Crippen molar-refractivity contribution in [2.24, 2.45) is 5.92 Å². The van der Waals surface area contributed by atoms with Gasteiger partial charge in [0.15, 0.2) is 0 Å². The lowest BCUT2D eigenvalue weighted by Gasteiger charge is -2.34. The zero-order chi connectivity index (χ0) is 20.0. The van der Waals surface area contributed by atoms with Gasteiger partial charge in [-0.25, -0.2) is 14.4 Å². The van der Waals surface area contributed by atoms with Crippen molar-refractivity contribution in [3.05, 3.63) is 59.9 Å². The van der Waals surface area contributed by atoms with E-state index in [-0.39, 0.29) is 23.6 Å². The second kappa shape index (κ2) is 6.91. The first-order chi connectivity index (χ1) is 14.1. The number of anilines is 1. The number of carbonyl (C=O) groups is 1. The third-order valence-corrected chi connectivity index (χ3v) is 5.68. The van der Waals surface area contributed by atoms with Crippen LogP contribution in [0.15, 0.2) is 43.0 Å². The third kappa shape index (κ3) is 3.12. The maximum Gasteiger partial charge on any atom is 0.259 e. The Balaban J connectivity index is 1.42. The lowest BCUT2D eigenvalue weighted by atomic mass is 10.0. The molecule has 3 aromatic rings. The summed E-state index contributed by atoms with van der Waals surface area (Å²) in [7, 11) is 0. The molecule has 3 unspecified atom stereocenters. The number of hydrogen-bond donors (Lipinski definition) is 1. The van der Waals surface area contributed by atoms with Crippen LogP contribution in [-0.4, -0.2) is 54.4 Å². The number of fused-ring (bicyclic) bond motifs is 2. The highest BCUT2D eigenvalue weighted by Gasteiger charge is 2.48. The van der Waals surface area contributed by atoms with Crippen molar-refractivity contribution in [2.45, 2.75) is 31.8 Å². The number of hydrogen-bond acceptors (Lipinski definition) is 6. The van der Waals surface area contributed by atoms with Crippen LogP contribution in [0.4, 0.5) is 10.3 Å². The number of halogens is 1. The Morgan fingerprint density at radius 3 is 2.66 bits per heavy atom. The van der Waals surface area contributed by atoms with Gasteiger partial charge >= 0.3 is 0 Å². The minimum Gasteiger partial charge on any atom is -0.349 e. The fourth-order valence-electron chi connectivity index (χ4n) is 4.42. The Hall–Kier alpha value is -3.36. The van der Waals surface area contributed by atoms with Crippen molar-refractivity contribution < 1.29 is 9.18 Å². The van der Waals surface area contributed by atoms with E-state index in [9.17, 15) is 9.18 Å². The molecule has 1 saturated heterocycles. The van der Waals surface area contributed by atoms with Crippen molar-refractivity contribution in [1.82, 2.24) is 29.9 Å². The molecule has 9 heteroatoms. The Kier molecular flexibility index (Phi) is 4.22. The molecule has 8 nitrogen and oxygen atoms in total. The minimum atomic E-state index is -0.570. The lowest BCUT2D eigenvalue weighted by Crippen LogP contribution is -2.48. The molecule has 1 N–H and O–H groups in total. The molecule has 1 aliphatic carbocycles. The van der Waals surface area contributed by atoms with Crippen LogP contribution in [0.1, 0.15) is 28.8 Å². The van der Waals surface area contributed by atoms with Crippen molar-refractivity contribution in [3.8, 4) is 5.69 Å². The fraction of sp³-hybridized carbons (Fsp3) is 0.350. The highest BCUT2D eigenvalue weighted by molar-refractivity contribution is 5.98. The summed E-state index contributed by atoms with van der Waals surface area (Å²) in [6, 6.07) is 4.51. The van der Waals surface area contributed by atoms with Gasteiger partial charge < -0.3 is 10.2 Å². The van der Waals surface area contributed by atoms with Crippen LogP contribution in [0.3, 0.4) is 0 Å². The summed E-state index contributed by atoms with van der Waals surface area (Å²) in [5.74, 6) is 0.0241. The molecule has 2 bridgehead atoms. The van der Waals surface area contributed by atoms with E-state index in [1.807, 2.05) is 6.92 Å². The molecule has 0 spiro atoms. The van der Waals surface area contributed by atoms with Crippen LogP contribution >= 0.6 is 0 Å². The first-order valence-electron chi connectivity index (χ1n) is 9.61. The topological polar surface area (TPSA) is 88.8 Å². The first-order valence-corrected chi connectivity index (χ1v) is 9.61. The van der Waals surface area contributed by atoms with E-state index in [1.54, 1.807) is 29.4 Å². The number of piperidine rings is 1. The molecular formula is C20H20FN7O. The highest BCUT2D eigenvalue weighted by Crippen LogP contribution is 2.40. The van der Waals surface area contributed by atoms with E-state index in [0.29, 0.717) is 24.1 Å². The van der Waals surface area contributed by atoms with Gasteiger partial charge in [0.2, 0.25) is 5.95 Å². The maximum absolute atomic E-state index is 14.7. The Morgan fingerprint density at radius 2 is 1.93 bits per heavy atom. The van der Waals surface area contributed by atoms with Crippen LogP contribution in [0.25, 0.3) is 5.69 Å². The molecule has 1 saturated carbocycles. The maximum atomic E-state index is 14.7. The molecule has 3 heterocycles. The van der Waals surface area contributed by atoms with Crippen LogP contribution in [0, 0.1) is 18.7 Å². The second-order valence-corrected chi connectivity index (χ2v) is 7.65. The summed E-state index contributed by atoms with van der Waals surface area (Å²) >= 11 is 0. The van der Waals surface area contributed by atoms with Crippen molar-refractivity contribution in [1.29, 1.82) is 0 Å². The molecule has 1 aliphatic heterocycles. The summed E-state index contributed by atoms with van der Waals surface area (Å²) in [5, 5.41) is 11.5. The number of aromatic nitrogens is 5. The standard InChI is InChI=1S/C20H20FN7O/c1-12-9-22-20(23-10-12)26-15-7-13-8-17(15)27(11-13)19(29)18-14(21)3-2-4-16(18)28-24-5-6-25-28/h2-6,9-10,13,15,17H,7-8,11H2,1H3,(H,22,23,26). The molecule has 5 rings (SSSR count). The normalized spacial score (nSPS) is 22.8. The van der Waals surface area contributed by atoms with Gasteiger partial charge in [0.1, 0.15) is 17.1 Å². The van der Waals surface area contributed by atoms with Crippen LogP contribution in [-0.2, 0) is 0 Å². The first kappa shape index (κ1) is 17.7. The van der Waals surface area contributed by atoms with Crippen molar-refractivity contribution >= 4 is 11.9 Å². The molecule has 1 aromatic carbocycles. The molecule has 2 aromatic heterocycles. The number of nitrogens with one attached hydrogen (secondary N) is 1. The summed E-state index contributed by atoms with van der Waals surface area (Å²) < 4.78 is 14.7. The van der Waals surface area contributed by atoms with Crippen LogP contribution in [0.2, 0.25) is 0 Å². The minimum absolute atomic E-state index is 0.00147. The predicted octanol–water partition coefficient (Wildman–Crippen LogP) is 2.22. The van der Waals surface area contributed by atoms with Crippen LogP contribution in [0.5, 0.6) is 0 Å². The summed E-state index contributed by atoms with van der Waals surface area (Å²) in [5.41, 5.74) is 1.33. The number of carbonyl (C=O) groups excluding carboxylic acids is 1. The monoisotopic (exact) mass is 393 g/mol. The SMILES string of the molecule is Cc1cnc(NC2CC3CC2N(C(=O)c2c(F)cccc2-n2nccn2)C3)nc1. The van der Waals surface area contributed by atoms with Gasteiger partial charge in [0, 0.05) is 25.0 Å². The molecule has 2 aliphatic rings. The zero-order valence-corrected chi connectivity index (χ0v) is 15.9. The second-order valence-electron chi connectivity index (χ2n) is 7.65. The van der Waals surface area contributed by atoms with Gasteiger partial charge in [0.05, 0.1) is 18.4 Å². The van der Waals surface area contributed by atoms with E-state index in [4.69, 9.17) is 0 Å². The summed E-state index contributed by atoms with van der Waals surface area (Å²) in [6.07, 6.45) is 8.34. The largest absolute Gasteiger partial charge is 0.349 e. The Morgan fingerprint density at radius 1 is 1.17 bits per heavy atom. The molecule has 2 fully saturated rings. The fourth-order valence-corrected chi connectivity index (χ4v) is 4.42. The average Bonchev–Trinajstić information content (AvgIpc) is 3.46. The average molecular weight is 393 g/mol. The number of likely N-dealkylation sites (tertiary alicyclic amines) is 1. The number of benzene rings is 1. The quantitative estimate of drug-likeness (QED) is 0.731. The smallest absolute Gasteiger partial charge is 0.259 e. The Bertz CT molecular complexity index is 1040. The lowest BCUT2D eigenvalue weighted by molar-refractivity contribution is 0.0686. The van der Waals surface area contributed by atoms with Gasteiger partial charge in [0.25, 0.3) is 5.91 Å². The zero-order valence-electron chi connectivity index (χ0n) is 15.9. The molecule has 148 valence electrons. The summed E-state index contributed by atoms with van der Waals surface area (Å²) in [6.45, 7) is 2.55. The van der Waals surface area contributed by atoms with E-state index in [2.05, 4.69) is 25.5 Å². The van der Waals surface area contributed by atoms with E-state index in [0.717, 1.165) is 18.4 Å². The highest BCUT2D eigenvalue weighted by atomic mass is 19.1. The number of nitrogens with zero attached hydrogens (tertiary/aromatic N) is 6. The van der Waals surface area contributed by atoms with Gasteiger partial charge in [-0.15, -0.1) is 0 Å². The molecule has 3 atom stereocenters. The van der Waals surface area contributed by atoms with E-state index >= 15 is 0 Å². The van der Waals surface area contributed by atoms with Gasteiger partial charge in [-0.2, -0.15) is 15.0 Å². The molecule has 1 amide bonds. The number of aryl methyl sites for hydroxylation is 1. The van der Waals surface area contributed by atoms with E-state index < -0.39 is 5.82 Å². The Labute approximate surface area is 166 Å². The van der Waals surface area contributed by atoms with E-state index in [1.165, 1.54) is 23.3 Å². The molecule has 29 heavy (non-hydrogen) atoms. The van der Waals surface area contributed by atoms with Crippen molar-refractivity contribution in [2.75, 3.05) is 11.9 Å². The van der Waals surface area contributed by atoms with Crippen molar-refractivity contribution in [3.63, 3.8) is 0 Å². The van der Waals surface area contributed by atoms with Gasteiger partial charge in [-0.3, -0.25) is 4.79 Å². The van der Waals surface area contributed by atoms with Crippen LogP contribution < -0.4 is 5.32 Å². The van der Waals surface area contributed by atoms with Gasteiger partial charge in [-0.05, 0) is 43.4 Å². The molecule has 0 radical (unpaired) electrons. The number of amides is 1. The predicted molar refractivity (Wildman–Crippen MR) is 103 cm³/mol. The summed E-state index contributed by atoms with van der Waals surface area (Å²) in [4.78, 5) is 25.0. The number of rotatable bonds is 4. The van der Waals surface area contributed by atoms with Gasteiger partial charge in [-0.1, -0.05) is 6.07 Å². The molecular weight excluding hydrogens is 373 g/mol.